The summed E-state index contributed by atoms with van der Waals surface area (Å²) >= 11 is 7.06. The van der Waals surface area contributed by atoms with E-state index < -0.39 is 25.6 Å². The number of halogens is 2. The number of hydrogen-bond acceptors (Lipinski definition) is 8. The number of likely N-dealkylation sites (N-methyl/N-ethyl adjacent to an activating group) is 1. The molecule has 0 aliphatic rings. The standard InChI is InChI=1S/C23H28ClN3O5S3.ClH/c1-4-26(5-2)14-15-27(21(28)13-16-35(31,32)18-11-9-17(24)10-12-18)23-25-22-19(33-23)7-6-8-20(22)34(3,29)30;/h6-12H,4-5,13-16H2,1-3H3;1H. The lowest BCUT2D eigenvalue weighted by Gasteiger charge is -2.24. The number of hydrogen-bond donors (Lipinski definition) is 0. The summed E-state index contributed by atoms with van der Waals surface area (Å²) in [6.07, 6.45) is 0.879. The predicted octanol–water partition coefficient (Wildman–Crippen LogP) is 4.31. The monoisotopic (exact) mass is 593 g/mol. The Bertz CT molecular complexity index is 1400. The maximum absolute atomic E-state index is 13.3. The van der Waals surface area contributed by atoms with Gasteiger partial charge < -0.3 is 4.90 Å². The van der Waals surface area contributed by atoms with Crippen LogP contribution in [0.5, 0.6) is 0 Å². The molecule has 0 aliphatic heterocycles. The molecule has 0 aliphatic carbocycles. The summed E-state index contributed by atoms with van der Waals surface area (Å²) in [5.74, 6) is -0.760. The fourth-order valence-electron chi connectivity index (χ4n) is 3.55. The second-order valence-corrected chi connectivity index (χ2v) is 13.5. The van der Waals surface area contributed by atoms with E-state index in [9.17, 15) is 21.6 Å². The van der Waals surface area contributed by atoms with E-state index in [0.29, 0.717) is 33.5 Å². The fourth-order valence-corrected chi connectivity index (χ4v) is 6.84. The number of sulfone groups is 2. The molecule has 13 heteroatoms. The van der Waals surface area contributed by atoms with Crippen LogP contribution in [0.15, 0.2) is 52.3 Å². The Labute approximate surface area is 227 Å². The average molecular weight is 595 g/mol. The molecule has 1 heterocycles. The van der Waals surface area contributed by atoms with Crippen LogP contribution in [0.25, 0.3) is 10.2 Å². The molecule has 1 amide bonds. The van der Waals surface area contributed by atoms with E-state index in [1.807, 2.05) is 13.8 Å². The van der Waals surface area contributed by atoms with Crippen LogP contribution in [0.3, 0.4) is 0 Å². The van der Waals surface area contributed by atoms with Crippen LogP contribution in [-0.2, 0) is 24.5 Å². The summed E-state index contributed by atoms with van der Waals surface area (Å²) in [4.78, 5) is 21.6. The van der Waals surface area contributed by atoms with Crippen molar-refractivity contribution in [3.8, 4) is 0 Å². The Kier molecular flexibility index (Phi) is 10.7. The molecule has 198 valence electrons. The zero-order chi connectivity index (χ0) is 25.8. The predicted molar refractivity (Wildman–Crippen MR) is 148 cm³/mol. The molecule has 0 N–H and O–H groups in total. The van der Waals surface area contributed by atoms with Crippen molar-refractivity contribution in [1.29, 1.82) is 0 Å². The van der Waals surface area contributed by atoms with Crippen LogP contribution >= 0.6 is 35.3 Å². The molecule has 0 saturated carbocycles. The molecule has 2 aromatic carbocycles. The van der Waals surface area contributed by atoms with Crippen LogP contribution in [-0.4, -0.2) is 70.8 Å². The number of aromatic nitrogens is 1. The van der Waals surface area contributed by atoms with Crippen molar-refractivity contribution >= 4 is 76.3 Å². The number of fused-ring (bicyclic) bond motifs is 1. The molecule has 0 fully saturated rings. The number of thiazole rings is 1. The number of amides is 1. The van der Waals surface area contributed by atoms with Gasteiger partial charge >= 0.3 is 0 Å². The van der Waals surface area contributed by atoms with Crippen molar-refractivity contribution in [2.75, 3.05) is 43.1 Å². The first-order valence-corrected chi connectivity index (χ1v) is 15.8. The summed E-state index contributed by atoms with van der Waals surface area (Å²) in [7, 11) is -7.21. The molecule has 0 spiro atoms. The zero-order valence-corrected chi connectivity index (χ0v) is 24.2. The molecule has 0 unspecified atom stereocenters. The van der Waals surface area contributed by atoms with Crippen molar-refractivity contribution in [3.63, 3.8) is 0 Å². The minimum absolute atomic E-state index is 0. The van der Waals surface area contributed by atoms with Crippen molar-refractivity contribution in [2.24, 2.45) is 0 Å². The van der Waals surface area contributed by atoms with Gasteiger partial charge in [0.1, 0.15) is 5.52 Å². The summed E-state index contributed by atoms with van der Waals surface area (Å²) in [6, 6.07) is 10.7. The number of para-hydroxylation sites is 1. The summed E-state index contributed by atoms with van der Waals surface area (Å²) in [5.41, 5.74) is 0.310. The fraction of sp³-hybridized carbons (Fsp3) is 0.391. The van der Waals surface area contributed by atoms with Crippen LogP contribution in [0.1, 0.15) is 20.3 Å². The van der Waals surface area contributed by atoms with Gasteiger partial charge in [-0.25, -0.2) is 21.8 Å². The number of rotatable bonds is 11. The van der Waals surface area contributed by atoms with E-state index in [-0.39, 0.29) is 34.4 Å². The first-order chi connectivity index (χ1) is 16.5. The Morgan fingerprint density at radius 2 is 1.64 bits per heavy atom. The van der Waals surface area contributed by atoms with E-state index in [1.54, 1.807) is 12.1 Å². The van der Waals surface area contributed by atoms with E-state index in [2.05, 4.69) is 9.88 Å². The van der Waals surface area contributed by atoms with Crippen molar-refractivity contribution in [2.45, 2.75) is 30.1 Å². The lowest BCUT2D eigenvalue weighted by Crippen LogP contribution is -2.39. The highest BCUT2D eigenvalue weighted by molar-refractivity contribution is 7.91. The average Bonchev–Trinajstić information content (AvgIpc) is 3.24. The molecule has 3 aromatic rings. The third kappa shape index (κ3) is 7.39. The number of nitrogens with zero attached hydrogens (tertiary/aromatic N) is 3. The smallest absolute Gasteiger partial charge is 0.229 e. The van der Waals surface area contributed by atoms with E-state index in [0.717, 1.165) is 19.3 Å². The van der Waals surface area contributed by atoms with Gasteiger partial charge in [-0.1, -0.05) is 42.9 Å². The van der Waals surface area contributed by atoms with E-state index >= 15 is 0 Å². The molecule has 1 aromatic heterocycles. The molecule has 36 heavy (non-hydrogen) atoms. The van der Waals surface area contributed by atoms with Gasteiger partial charge in [0.2, 0.25) is 5.91 Å². The van der Waals surface area contributed by atoms with Gasteiger partial charge in [0.05, 0.1) is 20.2 Å². The Hall–Kier alpha value is -1.76. The molecule has 0 radical (unpaired) electrons. The third-order valence-corrected chi connectivity index (χ3v) is 9.75. The maximum Gasteiger partial charge on any atom is 0.229 e. The second-order valence-electron chi connectivity index (χ2n) is 7.97. The van der Waals surface area contributed by atoms with Gasteiger partial charge in [-0.3, -0.25) is 9.69 Å². The normalized spacial score (nSPS) is 12.0. The zero-order valence-electron chi connectivity index (χ0n) is 20.2. The second kappa shape index (κ2) is 12.7. The molecule has 3 rings (SSSR count). The highest BCUT2D eigenvalue weighted by Crippen LogP contribution is 2.33. The quantitative estimate of drug-likeness (QED) is 0.326. The lowest BCUT2D eigenvalue weighted by atomic mass is 10.3. The SMILES string of the molecule is CCN(CC)CCN(C(=O)CCS(=O)(=O)c1ccc(Cl)cc1)c1nc2c(S(C)(=O)=O)cccc2s1.Cl. The van der Waals surface area contributed by atoms with Gasteiger partial charge in [0.25, 0.3) is 0 Å². The third-order valence-electron chi connectivity index (χ3n) is 5.59. The van der Waals surface area contributed by atoms with E-state index in [4.69, 9.17) is 11.6 Å². The van der Waals surface area contributed by atoms with Gasteiger partial charge in [0, 0.05) is 30.8 Å². The molecular formula is C23H29Cl2N3O5S3. The van der Waals surface area contributed by atoms with Crippen LogP contribution in [0.4, 0.5) is 5.13 Å². The van der Waals surface area contributed by atoms with Crippen molar-refractivity contribution in [1.82, 2.24) is 9.88 Å². The van der Waals surface area contributed by atoms with Crippen LogP contribution < -0.4 is 4.90 Å². The first kappa shape index (κ1) is 30.5. The summed E-state index contributed by atoms with van der Waals surface area (Å²) in [6.45, 7) is 6.49. The minimum Gasteiger partial charge on any atom is -0.302 e. The Morgan fingerprint density at radius 1 is 1.00 bits per heavy atom. The Balaban J connectivity index is 0.00000456. The van der Waals surface area contributed by atoms with Crippen LogP contribution in [0, 0.1) is 0 Å². The molecule has 0 bridgehead atoms. The van der Waals surface area contributed by atoms with Crippen LogP contribution in [0.2, 0.25) is 5.02 Å². The summed E-state index contributed by atoms with van der Waals surface area (Å²) in [5, 5.41) is 0.768. The lowest BCUT2D eigenvalue weighted by molar-refractivity contribution is -0.118. The first-order valence-electron chi connectivity index (χ1n) is 11.1. The Morgan fingerprint density at radius 3 is 2.22 bits per heavy atom. The maximum atomic E-state index is 13.3. The number of carbonyl (C=O) groups excluding carboxylic acids is 1. The van der Waals surface area contributed by atoms with Gasteiger partial charge in [-0.2, -0.15) is 0 Å². The largest absolute Gasteiger partial charge is 0.302 e. The van der Waals surface area contributed by atoms with Crippen molar-refractivity contribution < 1.29 is 21.6 Å². The molecule has 8 nitrogen and oxygen atoms in total. The minimum atomic E-state index is -3.69. The molecule has 0 saturated heterocycles. The van der Waals surface area contributed by atoms with Crippen molar-refractivity contribution in [3.05, 3.63) is 47.5 Å². The van der Waals surface area contributed by atoms with Gasteiger partial charge in [-0.05, 0) is 49.5 Å². The topological polar surface area (TPSA) is 105 Å². The van der Waals surface area contributed by atoms with E-state index in [1.165, 1.54) is 46.6 Å². The number of benzene rings is 2. The number of carbonyl (C=O) groups is 1. The molecule has 0 atom stereocenters. The van der Waals surface area contributed by atoms with Gasteiger partial charge in [-0.15, -0.1) is 12.4 Å². The number of anilines is 1. The highest BCUT2D eigenvalue weighted by atomic mass is 35.5. The van der Waals surface area contributed by atoms with Gasteiger partial charge in [0.15, 0.2) is 24.8 Å². The molecular weight excluding hydrogens is 565 g/mol. The highest BCUT2D eigenvalue weighted by Gasteiger charge is 2.25. The summed E-state index contributed by atoms with van der Waals surface area (Å²) < 4.78 is 50.6.